The molecule has 1 amide bonds. The predicted molar refractivity (Wildman–Crippen MR) is 105 cm³/mol. The van der Waals surface area contributed by atoms with E-state index in [4.69, 9.17) is 11.6 Å². The van der Waals surface area contributed by atoms with Crippen LogP contribution in [0, 0.1) is 5.82 Å². The Kier molecular flexibility index (Phi) is 7.20. The molecular weight excluding hydrogens is 378 g/mol. The summed E-state index contributed by atoms with van der Waals surface area (Å²) in [6.07, 6.45) is 2.11. The molecule has 2 N–H and O–H groups in total. The van der Waals surface area contributed by atoms with Crippen LogP contribution in [0.2, 0.25) is 5.02 Å². The van der Waals surface area contributed by atoms with E-state index in [9.17, 15) is 9.18 Å². The Labute approximate surface area is 163 Å². The molecule has 0 unspecified atom stereocenters. The van der Waals surface area contributed by atoms with E-state index in [1.165, 1.54) is 12.1 Å². The first-order valence-electron chi connectivity index (χ1n) is 8.21. The molecule has 2 heterocycles. The maximum absolute atomic E-state index is 13.1. The molecule has 3 rings (SSSR count). The lowest BCUT2D eigenvalue weighted by Gasteiger charge is -2.32. The van der Waals surface area contributed by atoms with Crippen molar-refractivity contribution in [2.45, 2.75) is 18.9 Å². The van der Waals surface area contributed by atoms with E-state index >= 15 is 0 Å². The van der Waals surface area contributed by atoms with Gasteiger partial charge in [0.1, 0.15) is 17.5 Å². The zero-order chi connectivity index (χ0) is 17.8. The Bertz CT molecular complexity index is 769. The molecule has 0 radical (unpaired) electrons. The lowest BCUT2D eigenvalue weighted by atomic mass is 10.1. The summed E-state index contributed by atoms with van der Waals surface area (Å²) in [6.45, 7) is 1.99. The van der Waals surface area contributed by atoms with Gasteiger partial charge >= 0.3 is 0 Å². The van der Waals surface area contributed by atoms with Crippen LogP contribution in [-0.4, -0.2) is 37.1 Å². The van der Waals surface area contributed by atoms with E-state index in [-0.39, 0.29) is 23.0 Å². The number of piperidine rings is 1. The summed E-state index contributed by atoms with van der Waals surface area (Å²) in [5, 5.41) is 6.13. The first-order valence-corrected chi connectivity index (χ1v) is 8.59. The number of amides is 1. The van der Waals surface area contributed by atoms with Gasteiger partial charge in [-0.15, -0.1) is 12.4 Å². The average molecular weight is 399 g/mol. The van der Waals surface area contributed by atoms with Gasteiger partial charge in [0.25, 0.3) is 5.91 Å². The Balaban J connectivity index is 0.00000243. The van der Waals surface area contributed by atoms with Crippen molar-refractivity contribution >= 4 is 41.6 Å². The minimum atomic E-state index is -0.481. The molecule has 8 heteroatoms. The van der Waals surface area contributed by atoms with Gasteiger partial charge in [-0.1, -0.05) is 17.7 Å². The maximum atomic E-state index is 13.1. The summed E-state index contributed by atoms with van der Waals surface area (Å²) in [7, 11) is 2.01. The summed E-state index contributed by atoms with van der Waals surface area (Å²) in [5.74, 6) is 0.336. The number of hydrogen-bond donors (Lipinski definition) is 2. The number of anilines is 2. The first-order chi connectivity index (χ1) is 12.0. The maximum Gasteiger partial charge on any atom is 0.258 e. The molecule has 26 heavy (non-hydrogen) atoms. The van der Waals surface area contributed by atoms with Crippen molar-refractivity contribution in [1.29, 1.82) is 0 Å². The SMILES string of the molecule is CN(c1cccc(NC(=O)c2ccc(F)cc2Cl)n1)C1CCNCC1.Cl. The minimum Gasteiger partial charge on any atom is -0.357 e. The summed E-state index contributed by atoms with van der Waals surface area (Å²) in [5.41, 5.74) is 0.210. The Morgan fingerprint density at radius 3 is 2.73 bits per heavy atom. The number of nitrogens with zero attached hydrogens (tertiary/aromatic N) is 2. The largest absolute Gasteiger partial charge is 0.357 e. The topological polar surface area (TPSA) is 57.3 Å². The van der Waals surface area contributed by atoms with Crippen LogP contribution in [0.15, 0.2) is 36.4 Å². The van der Waals surface area contributed by atoms with Crippen molar-refractivity contribution in [3.8, 4) is 0 Å². The Morgan fingerprint density at radius 1 is 1.31 bits per heavy atom. The molecule has 1 aliphatic heterocycles. The number of hydrogen-bond acceptors (Lipinski definition) is 4. The zero-order valence-electron chi connectivity index (χ0n) is 14.3. The van der Waals surface area contributed by atoms with Gasteiger partial charge in [0.2, 0.25) is 0 Å². The molecule has 1 aliphatic rings. The third-order valence-electron chi connectivity index (χ3n) is 4.37. The number of nitrogens with one attached hydrogen (secondary N) is 2. The smallest absolute Gasteiger partial charge is 0.258 e. The van der Waals surface area contributed by atoms with E-state index in [1.807, 2.05) is 19.2 Å². The summed E-state index contributed by atoms with van der Waals surface area (Å²) in [6, 6.07) is 9.59. The van der Waals surface area contributed by atoms with Crippen molar-refractivity contribution in [2.24, 2.45) is 0 Å². The Hall–Kier alpha value is -1.89. The van der Waals surface area contributed by atoms with Gasteiger partial charge in [0.15, 0.2) is 0 Å². The second kappa shape index (κ2) is 9.16. The predicted octanol–water partition coefficient (Wildman–Crippen LogP) is 3.74. The van der Waals surface area contributed by atoms with Crippen molar-refractivity contribution < 1.29 is 9.18 Å². The minimum absolute atomic E-state index is 0. The van der Waals surface area contributed by atoms with Crippen LogP contribution in [0.4, 0.5) is 16.0 Å². The molecule has 0 aliphatic carbocycles. The third kappa shape index (κ3) is 4.84. The van der Waals surface area contributed by atoms with Gasteiger partial charge in [-0.25, -0.2) is 9.37 Å². The van der Waals surface area contributed by atoms with Crippen LogP contribution in [-0.2, 0) is 0 Å². The lowest BCUT2D eigenvalue weighted by Crippen LogP contribution is -2.41. The highest BCUT2D eigenvalue weighted by atomic mass is 35.5. The fourth-order valence-electron chi connectivity index (χ4n) is 2.93. The third-order valence-corrected chi connectivity index (χ3v) is 4.68. The number of carbonyl (C=O) groups excluding carboxylic acids is 1. The fourth-order valence-corrected chi connectivity index (χ4v) is 3.18. The highest BCUT2D eigenvalue weighted by Gasteiger charge is 2.19. The fraction of sp³-hybridized carbons (Fsp3) is 0.333. The standard InChI is InChI=1S/C18H20ClFN4O.ClH/c1-24(13-7-9-21-10-8-13)17-4-2-3-16(22-17)23-18(25)14-6-5-12(20)11-15(14)19;/h2-6,11,13,21H,7-10H2,1H3,(H,22,23,25);1H. The molecule has 1 aromatic carbocycles. The number of carbonyl (C=O) groups is 1. The van der Waals surface area contributed by atoms with Crippen molar-refractivity contribution in [3.63, 3.8) is 0 Å². The van der Waals surface area contributed by atoms with Crippen molar-refractivity contribution in [2.75, 3.05) is 30.4 Å². The van der Waals surface area contributed by atoms with Crippen molar-refractivity contribution in [3.05, 3.63) is 52.8 Å². The second-order valence-corrected chi connectivity index (χ2v) is 6.46. The average Bonchev–Trinajstić information content (AvgIpc) is 2.62. The number of rotatable bonds is 4. The molecular formula is C18H21Cl2FN4O. The van der Waals surface area contributed by atoms with Gasteiger partial charge in [0.05, 0.1) is 10.6 Å². The normalized spacial score (nSPS) is 14.4. The molecule has 140 valence electrons. The van der Waals surface area contributed by atoms with Gasteiger partial charge in [-0.05, 0) is 56.3 Å². The van der Waals surface area contributed by atoms with E-state index in [1.54, 1.807) is 6.07 Å². The molecule has 0 saturated carbocycles. The van der Waals surface area contributed by atoms with E-state index in [0.29, 0.717) is 11.9 Å². The highest BCUT2D eigenvalue weighted by molar-refractivity contribution is 6.34. The second-order valence-electron chi connectivity index (χ2n) is 6.05. The van der Waals surface area contributed by atoms with Crippen LogP contribution < -0.4 is 15.5 Å². The molecule has 2 aromatic rings. The summed E-state index contributed by atoms with van der Waals surface area (Å²) in [4.78, 5) is 19.0. The molecule has 0 spiro atoms. The van der Waals surface area contributed by atoms with E-state index in [2.05, 4.69) is 20.5 Å². The molecule has 1 saturated heterocycles. The number of aromatic nitrogens is 1. The lowest BCUT2D eigenvalue weighted by molar-refractivity contribution is 0.102. The molecule has 1 fully saturated rings. The Morgan fingerprint density at radius 2 is 2.04 bits per heavy atom. The van der Waals surface area contributed by atoms with Crippen LogP contribution >= 0.6 is 24.0 Å². The van der Waals surface area contributed by atoms with Gasteiger partial charge in [0, 0.05) is 13.1 Å². The van der Waals surface area contributed by atoms with Crippen molar-refractivity contribution in [1.82, 2.24) is 10.3 Å². The van der Waals surface area contributed by atoms with Gasteiger partial charge in [-0.2, -0.15) is 0 Å². The quantitative estimate of drug-likeness (QED) is 0.823. The molecule has 0 atom stereocenters. The van der Waals surface area contributed by atoms with Gasteiger partial charge in [-0.3, -0.25) is 4.79 Å². The number of benzene rings is 1. The van der Waals surface area contributed by atoms with Crippen LogP contribution in [0.3, 0.4) is 0 Å². The summed E-state index contributed by atoms with van der Waals surface area (Å²) < 4.78 is 13.1. The number of halogens is 3. The molecule has 5 nitrogen and oxygen atoms in total. The first kappa shape index (κ1) is 20.4. The summed E-state index contributed by atoms with van der Waals surface area (Å²) >= 11 is 5.94. The molecule has 1 aromatic heterocycles. The van der Waals surface area contributed by atoms with Gasteiger partial charge < -0.3 is 15.5 Å². The monoisotopic (exact) mass is 398 g/mol. The molecule has 0 bridgehead atoms. The van der Waals surface area contributed by atoms with Crippen LogP contribution in [0.1, 0.15) is 23.2 Å². The number of pyridine rings is 1. The van der Waals surface area contributed by atoms with Crippen LogP contribution in [0.25, 0.3) is 0 Å². The zero-order valence-corrected chi connectivity index (χ0v) is 15.9. The highest BCUT2D eigenvalue weighted by Crippen LogP contribution is 2.21. The van der Waals surface area contributed by atoms with E-state index in [0.717, 1.165) is 37.8 Å². The van der Waals surface area contributed by atoms with Crippen LogP contribution in [0.5, 0.6) is 0 Å². The van der Waals surface area contributed by atoms with E-state index < -0.39 is 11.7 Å².